The second kappa shape index (κ2) is 6.49. The molecular formula is C17H25N7. The SMILES string of the molecule is CC[C@H]1CNC[C@H]1c1nnc2cnc3[nH]ccc3n12.NC1CCC1. The predicted molar refractivity (Wildman–Crippen MR) is 93.9 cm³/mol. The van der Waals surface area contributed by atoms with Crippen molar-refractivity contribution in [3.05, 3.63) is 24.3 Å². The molecule has 2 atom stereocenters. The van der Waals surface area contributed by atoms with Crippen LogP contribution in [-0.2, 0) is 0 Å². The maximum Gasteiger partial charge on any atom is 0.179 e. The lowest BCUT2D eigenvalue weighted by Gasteiger charge is -2.18. The molecule has 4 heterocycles. The Bertz CT molecular complexity index is 817. The Kier molecular flexibility index (Phi) is 4.20. The zero-order valence-electron chi connectivity index (χ0n) is 14.1. The van der Waals surface area contributed by atoms with Crippen LogP contribution in [-0.4, -0.2) is 43.7 Å². The molecule has 0 spiro atoms. The first-order chi connectivity index (χ1) is 11.8. The molecule has 1 saturated heterocycles. The number of aromatic amines is 1. The molecule has 0 amide bonds. The minimum atomic E-state index is 0.431. The normalized spacial score (nSPS) is 24.1. The van der Waals surface area contributed by atoms with Gasteiger partial charge in [-0.3, -0.25) is 4.40 Å². The van der Waals surface area contributed by atoms with E-state index in [2.05, 4.69) is 36.8 Å². The van der Waals surface area contributed by atoms with Crippen molar-refractivity contribution in [1.29, 1.82) is 0 Å². The van der Waals surface area contributed by atoms with Crippen molar-refractivity contribution in [3.63, 3.8) is 0 Å². The summed E-state index contributed by atoms with van der Waals surface area (Å²) in [5.74, 6) is 2.12. The molecule has 1 aliphatic carbocycles. The van der Waals surface area contributed by atoms with Gasteiger partial charge in [-0.25, -0.2) is 4.98 Å². The quantitative estimate of drug-likeness (QED) is 0.667. The third-order valence-corrected chi connectivity index (χ3v) is 5.31. The lowest BCUT2D eigenvalue weighted by Crippen LogP contribution is -2.27. The summed E-state index contributed by atoms with van der Waals surface area (Å²) in [7, 11) is 0. The zero-order chi connectivity index (χ0) is 16.5. The van der Waals surface area contributed by atoms with Gasteiger partial charge in [-0.1, -0.05) is 19.8 Å². The lowest BCUT2D eigenvalue weighted by molar-refractivity contribution is 0.418. The van der Waals surface area contributed by atoms with Crippen molar-refractivity contribution in [1.82, 2.24) is 29.9 Å². The van der Waals surface area contributed by atoms with E-state index in [4.69, 9.17) is 5.73 Å². The second-order valence-corrected chi connectivity index (χ2v) is 6.85. The maximum atomic E-state index is 5.38. The topological polar surface area (TPSA) is 96.9 Å². The van der Waals surface area contributed by atoms with Crippen LogP contribution in [0, 0.1) is 5.92 Å². The first-order valence-corrected chi connectivity index (χ1v) is 8.91. The second-order valence-electron chi connectivity index (χ2n) is 6.85. The molecule has 0 radical (unpaired) electrons. The Morgan fingerprint density at radius 3 is 2.83 bits per heavy atom. The number of hydrogen-bond acceptors (Lipinski definition) is 5. The molecule has 7 nitrogen and oxygen atoms in total. The van der Waals surface area contributed by atoms with Crippen molar-refractivity contribution < 1.29 is 0 Å². The van der Waals surface area contributed by atoms with E-state index in [9.17, 15) is 0 Å². The third kappa shape index (κ3) is 2.67. The van der Waals surface area contributed by atoms with Crippen molar-refractivity contribution in [2.45, 2.75) is 44.6 Å². The van der Waals surface area contributed by atoms with E-state index in [1.165, 1.54) is 19.3 Å². The van der Waals surface area contributed by atoms with E-state index in [-0.39, 0.29) is 0 Å². The minimum absolute atomic E-state index is 0.431. The Labute approximate surface area is 141 Å². The smallest absolute Gasteiger partial charge is 0.179 e. The Morgan fingerprint density at radius 1 is 1.29 bits per heavy atom. The van der Waals surface area contributed by atoms with Crippen LogP contribution in [0.15, 0.2) is 18.5 Å². The fraction of sp³-hybridized carbons (Fsp3) is 0.588. The first kappa shape index (κ1) is 15.5. The molecule has 24 heavy (non-hydrogen) atoms. The molecule has 0 unspecified atom stereocenters. The van der Waals surface area contributed by atoms with Crippen LogP contribution in [0.5, 0.6) is 0 Å². The monoisotopic (exact) mass is 327 g/mol. The average molecular weight is 327 g/mol. The molecule has 0 bridgehead atoms. The van der Waals surface area contributed by atoms with Gasteiger partial charge in [-0.2, -0.15) is 0 Å². The van der Waals surface area contributed by atoms with Gasteiger partial charge < -0.3 is 16.0 Å². The Morgan fingerprint density at radius 2 is 2.12 bits per heavy atom. The number of rotatable bonds is 2. The summed E-state index contributed by atoms with van der Waals surface area (Å²) in [6.07, 6.45) is 8.73. The first-order valence-electron chi connectivity index (χ1n) is 8.91. The fourth-order valence-electron chi connectivity index (χ4n) is 3.54. The van der Waals surface area contributed by atoms with Gasteiger partial charge in [0.15, 0.2) is 11.3 Å². The van der Waals surface area contributed by atoms with Crippen LogP contribution in [0.2, 0.25) is 0 Å². The van der Waals surface area contributed by atoms with E-state index >= 15 is 0 Å². The fourth-order valence-corrected chi connectivity index (χ4v) is 3.54. The van der Waals surface area contributed by atoms with Gasteiger partial charge in [0.05, 0.1) is 11.7 Å². The zero-order valence-corrected chi connectivity index (χ0v) is 14.1. The van der Waals surface area contributed by atoms with Crippen LogP contribution >= 0.6 is 0 Å². The summed E-state index contributed by atoms with van der Waals surface area (Å²) in [4.78, 5) is 7.50. The van der Waals surface area contributed by atoms with Crippen LogP contribution in [0.4, 0.5) is 0 Å². The number of nitrogens with zero attached hydrogens (tertiary/aromatic N) is 4. The molecule has 0 aromatic carbocycles. The van der Waals surface area contributed by atoms with Gasteiger partial charge in [0.1, 0.15) is 5.82 Å². The lowest BCUT2D eigenvalue weighted by atomic mass is 9.93. The maximum absolute atomic E-state index is 5.38. The Hall–Kier alpha value is -1.99. The molecule has 2 aliphatic rings. The van der Waals surface area contributed by atoms with E-state index in [1.807, 2.05) is 12.3 Å². The van der Waals surface area contributed by atoms with Crippen LogP contribution in [0.1, 0.15) is 44.3 Å². The van der Waals surface area contributed by atoms with Gasteiger partial charge in [0, 0.05) is 24.7 Å². The summed E-state index contributed by atoms with van der Waals surface area (Å²) in [6, 6.07) is 2.60. The van der Waals surface area contributed by atoms with Gasteiger partial charge in [-0.15, -0.1) is 10.2 Å². The minimum Gasteiger partial charge on any atom is -0.345 e. The number of nitrogens with one attached hydrogen (secondary N) is 2. The predicted octanol–water partition coefficient (Wildman–Crippen LogP) is 1.82. The number of H-pyrrole nitrogens is 1. The molecule has 3 aromatic heterocycles. The Balaban J connectivity index is 0.000000252. The summed E-state index contributed by atoms with van der Waals surface area (Å²) < 4.78 is 2.14. The number of nitrogens with two attached hydrogens (primary N) is 1. The molecule has 1 saturated carbocycles. The van der Waals surface area contributed by atoms with Crippen LogP contribution < -0.4 is 11.1 Å². The van der Waals surface area contributed by atoms with Crippen molar-refractivity contribution in [2.24, 2.45) is 11.7 Å². The van der Waals surface area contributed by atoms with E-state index < -0.39 is 0 Å². The molecular weight excluding hydrogens is 302 g/mol. The van der Waals surface area contributed by atoms with Crippen molar-refractivity contribution >= 4 is 16.8 Å². The highest BCUT2D eigenvalue weighted by Gasteiger charge is 2.31. The summed E-state index contributed by atoms with van der Waals surface area (Å²) in [5.41, 5.74) is 8.14. The van der Waals surface area contributed by atoms with Gasteiger partial charge >= 0.3 is 0 Å². The summed E-state index contributed by atoms with van der Waals surface area (Å²) >= 11 is 0. The highest BCUT2D eigenvalue weighted by Crippen LogP contribution is 2.30. The van der Waals surface area contributed by atoms with Gasteiger partial charge in [0.25, 0.3) is 0 Å². The molecule has 4 N–H and O–H groups in total. The molecule has 5 rings (SSSR count). The summed E-state index contributed by atoms with van der Waals surface area (Å²) in [5, 5.41) is 12.2. The number of fused-ring (bicyclic) bond motifs is 3. The molecule has 2 fully saturated rings. The van der Waals surface area contributed by atoms with E-state index in [1.54, 1.807) is 6.20 Å². The number of aromatic nitrogens is 5. The third-order valence-electron chi connectivity index (χ3n) is 5.31. The highest BCUT2D eigenvalue weighted by atomic mass is 15.3. The largest absolute Gasteiger partial charge is 0.345 e. The average Bonchev–Trinajstić information content (AvgIpc) is 3.29. The van der Waals surface area contributed by atoms with Gasteiger partial charge in [-0.05, 0) is 31.4 Å². The molecule has 7 heteroatoms. The highest BCUT2D eigenvalue weighted by molar-refractivity contribution is 5.74. The van der Waals surface area contributed by atoms with Crippen LogP contribution in [0.25, 0.3) is 16.8 Å². The summed E-state index contributed by atoms with van der Waals surface area (Å²) in [6.45, 7) is 4.28. The van der Waals surface area contributed by atoms with Gasteiger partial charge in [0.2, 0.25) is 0 Å². The van der Waals surface area contributed by atoms with Crippen molar-refractivity contribution in [3.8, 4) is 0 Å². The molecule has 128 valence electrons. The standard InChI is InChI=1S/C13H16N6.C4H9N/c1-2-8-5-14-6-9(8)13-18-17-11-7-16-12-10(19(11)13)3-4-15-12;5-4-2-1-3-4/h3-4,7-9,14-15H,2,5-6H2,1H3;4H,1-3,5H2/t8-,9+;/m0./s1. The molecule has 3 aromatic rings. The van der Waals surface area contributed by atoms with E-state index in [0.29, 0.717) is 17.9 Å². The van der Waals surface area contributed by atoms with E-state index in [0.717, 1.165) is 42.1 Å². The van der Waals surface area contributed by atoms with Crippen molar-refractivity contribution in [2.75, 3.05) is 13.1 Å². The number of hydrogen-bond donors (Lipinski definition) is 3. The van der Waals surface area contributed by atoms with Crippen LogP contribution in [0.3, 0.4) is 0 Å². The molecule has 1 aliphatic heterocycles.